The number of amides is 1. The first-order valence-electron chi connectivity index (χ1n) is 9.94. The first-order valence-corrected chi connectivity index (χ1v) is 9.94. The van der Waals surface area contributed by atoms with Crippen LogP contribution in [-0.2, 0) is 0 Å². The summed E-state index contributed by atoms with van der Waals surface area (Å²) in [5.41, 5.74) is 2.20. The van der Waals surface area contributed by atoms with Crippen LogP contribution in [0, 0.1) is 0 Å². The lowest BCUT2D eigenvalue weighted by Crippen LogP contribution is -2.39. The number of hydrogen-bond donors (Lipinski definition) is 1. The Labute approximate surface area is 168 Å². The van der Waals surface area contributed by atoms with Crippen molar-refractivity contribution in [2.75, 3.05) is 34.8 Å². The molecular weight excluding hydrogens is 368 g/mol. The van der Waals surface area contributed by atoms with Crippen LogP contribution in [0.1, 0.15) is 30.1 Å². The van der Waals surface area contributed by atoms with Crippen molar-refractivity contribution >= 4 is 23.4 Å². The number of carbonyl (C=O) groups excluding carboxylic acids is 1. The van der Waals surface area contributed by atoms with Crippen molar-refractivity contribution in [1.29, 1.82) is 0 Å². The number of anilines is 3. The maximum atomic E-state index is 13.5. The highest BCUT2D eigenvalue weighted by atomic mass is 16.3. The maximum absolute atomic E-state index is 13.5. The normalized spacial score (nSPS) is 18.4. The Morgan fingerprint density at radius 1 is 1.31 bits per heavy atom. The molecule has 1 N–H and O–H groups in total. The van der Waals surface area contributed by atoms with Gasteiger partial charge >= 0.3 is 0 Å². The average molecular weight is 390 g/mol. The Balaban J connectivity index is 1.57. The molecule has 0 bridgehead atoms. The van der Waals surface area contributed by atoms with Crippen molar-refractivity contribution < 1.29 is 9.21 Å². The molecule has 1 unspecified atom stereocenters. The molecule has 1 saturated heterocycles. The standard InChI is InChI=1S/C21H22N6O2/c1-2-22-21-24-12-17-18(25-21)26-9-4-7-16(26)13-27(20(17)28)15-6-3-5-14(11-15)19-23-8-10-29-19/h3,5-6,8,10-12,16H,2,4,7,9,13H2,1H3,(H,22,24,25). The highest BCUT2D eigenvalue weighted by Gasteiger charge is 2.37. The molecule has 0 saturated carbocycles. The number of nitrogens with zero attached hydrogens (tertiary/aromatic N) is 5. The van der Waals surface area contributed by atoms with Crippen molar-refractivity contribution in [1.82, 2.24) is 15.0 Å². The van der Waals surface area contributed by atoms with Gasteiger partial charge in [-0.2, -0.15) is 4.98 Å². The van der Waals surface area contributed by atoms with E-state index in [4.69, 9.17) is 4.42 Å². The predicted molar refractivity (Wildman–Crippen MR) is 110 cm³/mol. The summed E-state index contributed by atoms with van der Waals surface area (Å²) in [5, 5.41) is 3.15. The van der Waals surface area contributed by atoms with Crippen LogP contribution >= 0.6 is 0 Å². The predicted octanol–water partition coefficient (Wildman–Crippen LogP) is 3.19. The van der Waals surface area contributed by atoms with Crippen molar-refractivity contribution in [3.63, 3.8) is 0 Å². The second-order valence-electron chi connectivity index (χ2n) is 7.25. The van der Waals surface area contributed by atoms with E-state index in [1.165, 1.54) is 0 Å². The minimum Gasteiger partial charge on any atom is -0.445 e. The van der Waals surface area contributed by atoms with Crippen molar-refractivity contribution in [2.24, 2.45) is 0 Å². The Hall–Kier alpha value is -3.42. The van der Waals surface area contributed by atoms with E-state index >= 15 is 0 Å². The van der Waals surface area contributed by atoms with Gasteiger partial charge in [-0.25, -0.2) is 9.97 Å². The van der Waals surface area contributed by atoms with E-state index in [1.807, 2.05) is 36.1 Å². The first-order chi connectivity index (χ1) is 14.2. The van der Waals surface area contributed by atoms with Gasteiger partial charge in [0.15, 0.2) is 0 Å². The van der Waals surface area contributed by atoms with Gasteiger partial charge in [0, 0.05) is 43.1 Å². The summed E-state index contributed by atoms with van der Waals surface area (Å²) < 4.78 is 5.43. The molecule has 4 heterocycles. The molecule has 148 valence electrons. The summed E-state index contributed by atoms with van der Waals surface area (Å²) in [7, 11) is 0. The molecule has 2 aliphatic rings. The van der Waals surface area contributed by atoms with E-state index in [9.17, 15) is 4.79 Å². The molecular formula is C21H22N6O2. The zero-order valence-electron chi connectivity index (χ0n) is 16.2. The number of benzene rings is 1. The van der Waals surface area contributed by atoms with E-state index in [0.717, 1.165) is 43.0 Å². The number of carbonyl (C=O) groups is 1. The number of nitrogens with one attached hydrogen (secondary N) is 1. The molecule has 0 spiro atoms. The highest BCUT2D eigenvalue weighted by molar-refractivity contribution is 6.10. The van der Waals surface area contributed by atoms with E-state index in [2.05, 4.69) is 25.2 Å². The van der Waals surface area contributed by atoms with Crippen LogP contribution in [0.3, 0.4) is 0 Å². The fourth-order valence-electron chi connectivity index (χ4n) is 4.12. The molecule has 0 radical (unpaired) electrons. The van der Waals surface area contributed by atoms with Crippen LogP contribution in [0.15, 0.2) is 47.3 Å². The van der Waals surface area contributed by atoms with Crippen LogP contribution in [0.25, 0.3) is 11.5 Å². The number of rotatable bonds is 4. The second-order valence-corrected chi connectivity index (χ2v) is 7.25. The van der Waals surface area contributed by atoms with Gasteiger partial charge in [-0.05, 0) is 38.0 Å². The molecule has 1 amide bonds. The summed E-state index contributed by atoms with van der Waals surface area (Å²) in [5.74, 6) is 1.75. The molecule has 5 rings (SSSR count). The minimum atomic E-state index is -0.0815. The van der Waals surface area contributed by atoms with Crippen LogP contribution in [0.4, 0.5) is 17.5 Å². The van der Waals surface area contributed by atoms with Gasteiger partial charge in [0.1, 0.15) is 17.6 Å². The largest absolute Gasteiger partial charge is 0.445 e. The third-order valence-electron chi connectivity index (χ3n) is 5.46. The summed E-state index contributed by atoms with van der Waals surface area (Å²) >= 11 is 0. The molecule has 8 nitrogen and oxygen atoms in total. The molecule has 1 fully saturated rings. The number of hydrogen-bond acceptors (Lipinski definition) is 7. The SMILES string of the molecule is CCNc1ncc2c(n1)N1CCCC1CN(c1cccc(-c3ncco3)c1)C2=O. The average Bonchev–Trinajstić information content (AvgIpc) is 3.42. The molecule has 0 aliphatic carbocycles. The van der Waals surface area contributed by atoms with E-state index in [0.29, 0.717) is 23.9 Å². The number of aromatic nitrogens is 3. The molecule has 1 aromatic carbocycles. The van der Waals surface area contributed by atoms with Gasteiger partial charge in [-0.15, -0.1) is 0 Å². The lowest BCUT2D eigenvalue weighted by atomic mass is 10.1. The fourth-order valence-corrected chi connectivity index (χ4v) is 4.12. The van der Waals surface area contributed by atoms with Gasteiger partial charge in [0.05, 0.1) is 6.20 Å². The van der Waals surface area contributed by atoms with Crippen molar-refractivity contribution in [3.05, 3.63) is 48.5 Å². The molecule has 29 heavy (non-hydrogen) atoms. The Morgan fingerprint density at radius 3 is 3.07 bits per heavy atom. The van der Waals surface area contributed by atoms with E-state index in [-0.39, 0.29) is 11.9 Å². The van der Waals surface area contributed by atoms with Crippen LogP contribution < -0.4 is 15.1 Å². The Morgan fingerprint density at radius 2 is 2.24 bits per heavy atom. The molecule has 3 aromatic rings. The van der Waals surface area contributed by atoms with Gasteiger partial charge in [-0.1, -0.05) is 6.07 Å². The number of fused-ring (bicyclic) bond motifs is 3. The zero-order valence-corrected chi connectivity index (χ0v) is 16.2. The van der Waals surface area contributed by atoms with Gasteiger partial charge in [0.2, 0.25) is 11.8 Å². The third-order valence-corrected chi connectivity index (χ3v) is 5.46. The number of oxazole rings is 1. The Kier molecular flexibility index (Phi) is 4.38. The van der Waals surface area contributed by atoms with Gasteiger partial charge in [-0.3, -0.25) is 4.79 Å². The molecule has 8 heteroatoms. The van der Waals surface area contributed by atoms with Crippen LogP contribution in [0.5, 0.6) is 0 Å². The van der Waals surface area contributed by atoms with Gasteiger partial charge in [0.25, 0.3) is 5.91 Å². The van der Waals surface area contributed by atoms with Crippen LogP contribution in [-0.4, -0.2) is 46.5 Å². The smallest absolute Gasteiger partial charge is 0.263 e. The molecule has 2 aromatic heterocycles. The summed E-state index contributed by atoms with van der Waals surface area (Å²) in [6.45, 7) is 4.25. The van der Waals surface area contributed by atoms with E-state index in [1.54, 1.807) is 18.7 Å². The summed E-state index contributed by atoms with van der Waals surface area (Å²) in [6, 6.07) is 7.98. The zero-order chi connectivity index (χ0) is 19.8. The third kappa shape index (κ3) is 3.10. The second kappa shape index (κ2) is 7.20. The quantitative estimate of drug-likeness (QED) is 0.732. The van der Waals surface area contributed by atoms with E-state index < -0.39 is 0 Å². The lowest BCUT2D eigenvalue weighted by molar-refractivity contribution is 0.0988. The van der Waals surface area contributed by atoms with Crippen molar-refractivity contribution in [3.8, 4) is 11.5 Å². The Bertz CT molecular complexity index is 1040. The monoisotopic (exact) mass is 390 g/mol. The highest BCUT2D eigenvalue weighted by Crippen LogP contribution is 2.34. The fraction of sp³-hybridized carbons (Fsp3) is 0.333. The maximum Gasteiger partial charge on any atom is 0.263 e. The van der Waals surface area contributed by atoms with Gasteiger partial charge < -0.3 is 19.5 Å². The molecule has 1 atom stereocenters. The van der Waals surface area contributed by atoms with Crippen molar-refractivity contribution in [2.45, 2.75) is 25.8 Å². The summed E-state index contributed by atoms with van der Waals surface area (Å²) in [4.78, 5) is 30.8. The first kappa shape index (κ1) is 17.7. The summed E-state index contributed by atoms with van der Waals surface area (Å²) in [6.07, 6.45) is 6.93. The van der Waals surface area contributed by atoms with Crippen LogP contribution in [0.2, 0.25) is 0 Å². The molecule has 2 aliphatic heterocycles. The minimum absolute atomic E-state index is 0.0815. The topological polar surface area (TPSA) is 87.4 Å². The lowest BCUT2D eigenvalue weighted by Gasteiger charge is -2.27.